The van der Waals surface area contributed by atoms with E-state index in [-0.39, 0.29) is 31.0 Å². The van der Waals surface area contributed by atoms with Crippen LogP contribution in [0, 0.1) is 0 Å². The second-order valence-electron chi connectivity index (χ2n) is 0.447. The summed E-state index contributed by atoms with van der Waals surface area (Å²) in [5, 5.41) is 7.80. The van der Waals surface area contributed by atoms with Crippen molar-refractivity contribution in [2.45, 2.75) is 0 Å². The number of aliphatic hydroxyl groups is 1. The number of hydrogen-bond acceptors (Lipinski definition) is 2. The molecule has 3 heteroatoms. The van der Waals surface area contributed by atoms with Gasteiger partial charge in [0.05, 0.1) is 6.61 Å². The second-order valence-corrected chi connectivity index (χ2v) is 0.894. The van der Waals surface area contributed by atoms with Crippen LogP contribution < -0.4 is 0 Å². The van der Waals surface area contributed by atoms with Crippen LogP contribution >= 0.6 is 12.6 Å². The summed E-state index contributed by atoms with van der Waals surface area (Å²) in [4.78, 5) is 0. The molecule has 0 aromatic heterocycles. The molecular weight excluding hydrogens is 194 g/mol. The summed E-state index contributed by atoms with van der Waals surface area (Å²) in [6, 6.07) is 0. The molecule has 0 fully saturated rings. The van der Waals surface area contributed by atoms with Crippen LogP contribution in [0.25, 0.3) is 0 Å². The van der Waals surface area contributed by atoms with Gasteiger partial charge in [0.25, 0.3) is 0 Å². The molecule has 0 aliphatic heterocycles. The molecule has 0 amide bonds. The van der Waals surface area contributed by atoms with Gasteiger partial charge >= 0.3 is 24.4 Å². The van der Waals surface area contributed by atoms with Crippen molar-refractivity contribution in [3.8, 4) is 0 Å². The Morgan fingerprint density at radius 1 is 1.60 bits per heavy atom. The zero-order valence-corrected chi connectivity index (χ0v) is 7.95. The van der Waals surface area contributed by atoms with Gasteiger partial charge in [-0.2, -0.15) is 12.6 Å². The van der Waals surface area contributed by atoms with Crippen LogP contribution in [0.2, 0.25) is 0 Å². The van der Waals surface area contributed by atoms with Gasteiger partial charge in [0.2, 0.25) is 0 Å². The summed E-state index contributed by atoms with van der Waals surface area (Å²) >= 11 is 3.67. The minimum absolute atomic E-state index is 0. The van der Waals surface area contributed by atoms with Gasteiger partial charge in [0, 0.05) is 5.75 Å². The van der Waals surface area contributed by atoms with E-state index in [0.717, 1.165) is 0 Å². The Hall–Kier alpha value is 1.13. The summed E-state index contributed by atoms with van der Waals surface area (Å²) < 4.78 is 0. The van der Waals surface area contributed by atoms with Crippen molar-refractivity contribution >= 4 is 37.1 Å². The molecule has 0 radical (unpaired) electrons. The first-order valence-electron chi connectivity index (χ1n) is 1.13. The van der Waals surface area contributed by atoms with Crippen molar-refractivity contribution in [3.63, 3.8) is 0 Å². The van der Waals surface area contributed by atoms with E-state index in [0.29, 0.717) is 5.75 Å². The van der Waals surface area contributed by atoms with Gasteiger partial charge in [0.15, 0.2) is 0 Å². The fourth-order valence-corrected chi connectivity index (χ4v) is 0. The van der Waals surface area contributed by atoms with Crippen molar-refractivity contribution in [2.75, 3.05) is 12.4 Å². The molecule has 0 rings (SSSR count). The Bertz CT molecular complexity index is 11.6. The monoisotopic (exact) mass is 202 g/mol. The van der Waals surface area contributed by atoms with E-state index in [1.54, 1.807) is 0 Å². The summed E-state index contributed by atoms with van der Waals surface area (Å²) in [6.45, 7) is 0.184. The Morgan fingerprint density at radius 2 is 1.80 bits per heavy atom. The first kappa shape index (κ1) is 9.46. The van der Waals surface area contributed by atoms with Crippen molar-refractivity contribution in [1.29, 1.82) is 0 Å². The van der Waals surface area contributed by atoms with Crippen LogP contribution in [0.5, 0.6) is 0 Å². The predicted octanol–water partition coefficient (Wildman–Crippen LogP) is -1.28. The van der Waals surface area contributed by atoms with Gasteiger partial charge in [-0.1, -0.05) is 0 Å². The first-order valence-corrected chi connectivity index (χ1v) is 1.76. The van der Waals surface area contributed by atoms with Crippen LogP contribution in [-0.2, 0) is 0 Å². The summed E-state index contributed by atoms with van der Waals surface area (Å²) in [7, 11) is 0. The van der Waals surface area contributed by atoms with Gasteiger partial charge in [-0.25, -0.2) is 0 Å². The van der Waals surface area contributed by atoms with E-state index in [2.05, 4.69) is 12.6 Å². The molecule has 0 atom stereocenters. The molecule has 0 bridgehead atoms. The van der Waals surface area contributed by atoms with Gasteiger partial charge < -0.3 is 5.11 Å². The normalized spacial score (nSPS) is 6.00. The summed E-state index contributed by atoms with van der Waals surface area (Å²) in [5.74, 6) is 0.569. The standard InChI is InChI=1S/C2H6OS.Sb.3H/c3-1-2-4;;;;/h3-4H,1-2H2;;;;. The van der Waals surface area contributed by atoms with Gasteiger partial charge in [-0.3, -0.25) is 0 Å². The summed E-state index contributed by atoms with van der Waals surface area (Å²) in [5.41, 5.74) is 0. The van der Waals surface area contributed by atoms with E-state index in [1.165, 1.54) is 0 Å². The molecular formula is C2H9OSSb. The predicted molar refractivity (Wildman–Crippen MR) is 30.9 cm³/mol. The van der Waals surface area contributed by atoms with Crippen molar-refractivity contribution < 1.29 is 5.11 Å². The third kappa shape index (κ3) is 11.1. The molecule has 0 heterocycles. The molecule has 0 aliphatic rings. The molecule has 0 unspecified atom stereocenters. The molecule has 1 nitrogen and oxygen atoms in total. The molecule has 0 aliphatic carbocycles. The van der Waals surface area contributed by atoms with Crippen molar-refractivity contribution in [2.24, 2.45) is 0 Å². The molecule has 0 spiro atoms. The number of thiol groups is 1. The summed E-state index contributed by atoms with van der Waals surface area (Å²) in [6.07, 6.45) is 0. The number of hydrogen-bond donors (Lipinski definition) is 2. The second kappa shape index (κ2) is 8.93. The van der Waals surface area contributed by atoms with E-state index >= 15 is 0 Å². The number of aliphatic hydroxyl groups excluding tert-OH is 1. The van der Waals surface area contributed by atoms with E-state index in [9.17, 15) is 0 Å². The fraction of sp³-hybridized carbons (Fsp3) is 1.00. The van der Waals surface area contributed by atoms with Crippen LogP contribution in [0.3, 0.4) is 0 Å². The molecule has 0 aromatic carbocycles. The maximum absolute atomic E-state index is 7.80. The Morgan fingerprint density at radius 3 is 1.80 bits per heavy atom. The van der Waals surface area contributed by atoms with Crippen LogP contribution in [0.1, 0.15) is 0 Å². The topological polar surface area (TPSA) is 20.2 Å². The minimum atomic E-state index is 0. The quantitative estimate of drug-likeness (QED) is 0.402. The van der Waals surface area contributed by atoms with E-state index in [1.807, 2.05) is 0 Å². The average Bonchev–Trinajstić information content (AvgIpc) is 1.37. The van der Waals surface area contributed by atoms with Gasteiger partial charge in [-0.05, 0) is 0 Å². The van der Waals surface area contributed by atoms with Crippen LogP contribution in [0.4, 0.5) is 0 Å². The first-order chi connectivity index (χ1) is 1.91. The van der Waals surface area contributed by atoms with Crippen LogP contribution in [0.15, 0.2) is 0 Å². The van der Waals surface area contributed by atoms with Gasteiger partial charge in [0.1, 0.15) is 0 Å². The van der Waals surface area contributed by atoms with Gasteiger partial charge in [-0.15, -0.1) is 0 Å². The number of rotatable bonds is 1. The molecule has 0 aromatic rings. The third-order valence-corrected chi connectivity index (χ3v) is 0.300. The van der Waals surface area contributed by atoms with E-state index < -0.39 is 0 Å². The third-order valence-electron chi connectivity index (χ3n) is 0.1000. The Kier molecular flexibility index (Phi) is 16.9. The Balaban J connectivity index is 0. The SMILES string of the molecule is OCCS.[SbH3]. The van der Waals surface area contributed by atoms with Crippen molar-refractivity contribution in [3.05, 3.63) is 0 Å². The van der Waals surface area contributed by atoms with Crippen molar-refractivity contribution in [1.82, 2.24) is 0 Å². The molecule has 5 heavy (non-hydrogen) atoms. The molecule has 0 saturated heterocycles. The van der Waals surface area contributed by atoms with Crippen LogP contribution in [-0.4, -0.2) is 41.9 Å². The maximum atomic E-state index is 7.80. The Labute approximate surface area is 54.6 Å². The molecule has 0 saturated carbocycles. The average molecular weight is 203 g/mol. The molecule has 1 N–H and O–H groups in total. The zero-order chi connectivity index (χ0) is 3.41. The fourth-order valence-electron chi connectivity index (χ4n) is 0. The van der Waals surface area contributed by atoms with E-state index in [4.69, 9.17) is 5.11 Å². The zero-order valence-electron chi connectivity index (χ0n) is 3.02. The molecule has 34 valence electrons.